The van der Waals surface area contributed by atoms with Gasteiger partial charge in [-0.15, -0.1) is 5.10 Å². The molecule has 1 heterocycles. The Labute approximate surface area is 102 Å². The fraction of sp³-hybridized carbons (Fsp3) is 0.818. The highest BCUT2D eigenvalue weighted by molar-refractivity contribution is 4.94. The molecule has 1 aromatic heterocycles. The van der Waals surface area contributed by atoms with Crippen molar-refractivity contribution in [3.63, 3.8) is 0 Å². The highest BCUT2D eigenvalue weighted by Crippen LogP contribution is 2.15. The third kappa shape index (κ3) is 4.80. The maximum Gasteiger partial charge on any atom is 0.204 e. The van der Waals surface area contributed by atoms with Gasteiger partial charge in [0, 0.05) is 33.5 Å². The highest BCUT2D eigenvalue weighted by atomic mass is 16.7. The first kappa shape index (κ1) is 14.1. The minimum atomic E-state index is -0.416. The van der Waals surface area contributed by atoms with Gasteiger partial charge in [0.1, 0.15) is 5.69 Å². The summed E-state index contributed by atoms with van der Waals surface area (Å²) in [7, 11) is 1.69. The first-order valence-corrected chi connectivity index (χ1v) is 5.94. The number of aromatic nitrogens is 3. The van der Waals surface area contributed by atoms with E-state index in [1.807, 2.05) is 20.0 Å². The van der Waals surface area contributed by atoms with Crippen LogP contribution in [0.5, 0.6) is 0 Å². The van der Waals surface area contributed by atoms with Gasteiger partial charge < -0.3 is 14.2 Å². The van der Waals surface area contributed by atoms with Gasteiger partial charge in [0.25, 0.3) is 0 Å². The third-order valence-electron chi connectivity index (χ3n) is 2.17. The Kier molecular flexibility index (Phi) is 6.76. The molecule has 17 heavy (non-hydrogen) atoms. The second kappa shape index (κ2) is 8.16. The molecular weight excluding hydrogens is 222 g/mol. The summed E-state index contributed by atoms with van der Waals surface area (Å²) in [5.74, 6) is 0. The molecule has 0 saturated carbocycles. The predicted molar refractivity (Wildman–Crippen MR) is 62.5 cm³/mol. The molecule has 0 spiro atoms. The van der Waals surface area contributed by atoms with Crippen molar-refractivity contribution in [3.8, 4) is 0 Å². The zero-order valence-corrected chi connectivity index (χ0v) is 10.8. The summed E-state index contributed by atoms with van der Waals surface area (Å²) in [6, 6.07) is 0. The van der Waals surface area contributed by atoms with Crippen molar-refractivity contribution in [2.24, 2.45) is 0 Å². The molecule has 1 aromatic rings. The molecule has 0 atom stereocenters. The fourth-order valence-electron chi connectivity index (χ4n) is 1.42. The molecule has 0 fully saturated rings. The lowest BCUT2D eigenvalue weighted by molar-refractivity contribution is -0.142. The van der Waals surface area contributed by atoms with Crippen molar-refractivity contribution < 1.29 is 14.2 Å². The number of ether oxygens (including phenoxy) is 3. The van der Waals surface area contributed by atoms with E-state index < -0.39 is 6.29 Å². The lowest BCUT2D eigenvalue weighted by Gasteiger charge is -2.13. The average Bonchev–Trinajstić information content (AvgIpc) is 2.78. The van der Waals surface area contributed by atoms with Crippen LogP contribution in [0.4, 0.5) is 0 Å². The standard InChI is InChI=1S/C11H21N3O3/c1-4-16-11(17-5-2)10-9-14(13-12-10)7-6-8-15-3/h9,11H,4-8H2,1-3H3. The fourth-order valence-corrected chi connectivity index (χ4v) is 1.42. The van der Waals surface area contributed by atoms with Gasteiger partial charge in [-0.25, -0.2) is 0 Å². The van der Waals surface area contributed by atoms with Gasteiger partial charge in [-0.2, -0.15) is 0 Å². The van der Waals surface area contributed by atoms with E-state index in [0.29, 0.717) is 18.9 Å². The Bertz CT molecular complexity index is 298. The summed E-state index contributed by atoms with van der Waals surface area (Å²) in [5, 5.41) is 8.08. The van der Waals surface area contributed by atoms with Crippen molar-refractivity contribution in [1.82, 2.24) is 15.0 Å². The van der Waals surface area contributed by atoms with Crippen LogP contribution in [0, 0.1) is 0 Å². The third-order valence-corrected chi connectivity index (χ3v) is 2.17. The highest BCUT2D eigenvalue weighted by Gasteiger charge is 2.15. The van der Waals surface area contributed by atoms with Crippen molar-refractivity contribution in [3.05, 3.63) is 11.9 Å². The SMILES string of the molecule is CCOC(OCC)c1cn(CCCOC)nn1. The Hall–Kier alpha value is -0.980. The summed E-state index contributed by atoms with van der Waals surface area (Å²) in [6.07, 6.45) is 2.35. The molecule has 0 aliphatic carbocycles. The second-order valence-electron chi connectivity index (χ2n) is 3.50. The lowest BCUT2D eigenvalue weighted by atomic mass is 10.4. The van der Waals surface area contributed by atoms with Crippen LogP contribution in [0.3, 0.4) is 0 Å². The number of aryl methyl sites for hydroxylation is 1. The molecule has 6 nitrogen and oxygen atoms in total. The Balaban J connectivity index is 2.51. The van der Waals surface area contributed by atoms with Crippen molar-refractivity contribution in [1.29, 1.82) is 0 Å². The molecule has 0 aliphatic rings. The molecule has 0 saturated heterocycles. The minimum absolute atomic E-state index is 0.416. The zero-order chi connectivity index (χ0) is 12.5. The Morgan fingerprint density at radius 1 is 1.29 bits per heavy atom. The van der Waals surface area contributed by atoms with Crippen LogP contribution in [0.2, 0.25) is 0 Å². The molecule has 0 bridgehead atoms. The molecule has 98 valence electrons. The molecule has 0 radical (unpaired) electrons. The minimum Gasteiger partial charge on any atom is -0.385 e. The quantitative estimate of drug-likeness (QED) is 0.484. The van der Waals surface area contributed by atoms with E-state index in [9.17, 15) is 0 Å². The summed E-state index contributed by atoms with van der Waals surface area (Å²) < 4.78 is 17.7. The molecule has 0 aliphatic heterocycles. The molecule has 0 N–H and O–H groups in total. The number of rotatable bonds is 9. The van der Waals surface area contributed by atoms with Gasteiger partial charge in [0.05, 0.1) is 6.20 Å². The summed E-state index contributed by atoms with van der Waals surface area (Å²) >= 11 is 0. The topological polar surface area (TPSA) is 58.4 Å². The van der Waals surface area contributed by atoms with Crippen molar-refractivity contribution >= 4 is 0 Å². The number of nitrogens with zero attached hydrogens (tertiary/aromatic N) is 3. The van der Waals surface area contributed by atoms with Crippen LogP contribution in [-0.4, -0.2) is 41.9 Å². The largest absolute Gasteiger partial charge is 0.385 e. The number of methoxy groups -OCH3 is 1. The van der Waals surface area contributed by atoms with Crippen LogP contribution in [0.1, 0.15) is 32.3 Å². The van der Waals surface area contributed by atoms with Gasteiger partial charge in [-0.3, -0.25) is 4.68 Å². The van der Waals surface area contributed by atoms with E-state index in [2.05, 4.69) is 10.3 Å². The smallest absolute Gasteiger partial charge is 0.204 e. The summed E-state index contributed by atoms with van der Waals surface area (Å²) in [5.41, 5.74) is 0.714. The van der Waals surface area contributed by atoms with E-state index >= 15 is 0 Å². The zero-order valence-electron chi connectivity index (χ0n) is 10.8. The molecule has 0 amide bonds. The summed E-state index contributed by atoms with van der Waals surface area (Å²) in [6.45, 7) is 6.52. The maximum absolute atomic E-state index is 5.44. The monoisotopic (exact) mass is 243 g/mol. The maximum atomic E-state index is 5.44. The normalized spacial score (nSPS) is 11.3. The van der Waals surface area contributed by atoms with Crippen molar-refractivity contribution in [2.45, 2.75) is 33.1 Å². The van der Waals surface area contributed by atoms with E-state index in [4.69, 9.17) is 14.2 Å². The molecule has 0 aromatic carbocycles. The molecular formula is C11H21N3O3. The van der Waals surface area contributed by atoms with Crippen LogP contribution in [0.25, 0.3) is 0 Å². The molecule has 0 unspecified atom stereocenters. The molecule has 1 rings (SSSR count). The van der Waals surface area contributed by atoms with Crippen LogP contribution >= 0.6 is 0 Å². The Morgan fingerprint density at radius 3 is 2.59 bits per heavy atom. The average molecular weight is 243 g/mol. The first-order valence-electron chi connectivity index (χ1n) is 5.94. The van der Waals surface area contributed by atoms with Gasteiger partial charge in [-0.1, -0.05) is 5.21 Å². The van der Waals surface area contributed by atoms with Gasteiger partial charge in [0.2, 0.25) is 6.29 Å². The van der Waals surface area contributed by atoms with Gasteiger partial charge in [-0.05, 0) is 20.3 Å². The Morgan fingerprint density at radius 2 is 2.00 bits per heavy atom. The number of hydrogen-bond donors (Lipinski definition) is 0. The first-order chi connectivity index (χ1) is 8.31. The van der Waals surface area contributed by atoms with E-state index in [1.54, 1.807) is 11.8 Å². The second-order valence-corrected chi connectivity index (χ2v) is 3.50. The van der Waals surface area contributed by atoms with Gasteiger partial charge >= 0.3 is 0 Å². The van der Waals surface area contributed by atoms with E-state index in [1.165, 1.54) is 0 Å². The van der Waals surface area contributed by atoms with Crippen LogP contribution < -0.4 is 0 Å². The van der Waals surface area contributed by atoms with E-state index in [0.717, 1.165) is 19.6 Å². The van der Waals surface area contributed by atoms with Crippen molar-refractivity contribution in [2.75, 3.05) is 26.9 Å². The molecule has 6 heteroatoms. The number of hydrogen-bond acceptors (Lipinski definition) is 5. The predicted octanol–water partition coefficient (Wildman–Crippen LogP) is 1.39. The van der Waals surface area contributed by atoms with Crippen LogP contribution in [-0.2, 0) is 20.8 Å². The summed E-state index contributed by atoms with van der Waals surface area (Å²) in [4.78, 5) is 0. The van der Waals surface area contributed by atoms with Crippen LogP contribution in [0.15, 0.2) is 6.20 Å². The lowest BCUT2D eigenvalue weighted by Crippen LogP contribution is -2.09. The van der Waals surface area contributed by atoms with E-state index in [-0.39, 0.29) is 0 Å². The van der Waals surface area contributed by atoms with Gasteiger partial charge in [0.15, 0.2) is 0 Å².